The number of phenolic OH excluding ortho intramolecular Hbond substituents is 1. The highest BCUT2D eigenvalue weighted by Crippen LogP contribution is 2.32. The van der Waals surface area contributed by atoms with Gasteiger partial charge in [0.05, 0.1) is 12.1 Å². The molecule has 0 fully saturated rings. The third-order valence-electron chi connectivity index (χ3n) is 5.47. The Bertz CT molecular complexity index is 1070. The zero-order chi connectivity index (χ0) is 29.5. The molecule has 40 heavy (non-hydrogen) atoms. The molecule has 0 heterocycles. The quantitative estimate of drug-likeness (QED) is 0.162. The van der Waals surface area contributed by atoms with Crippen LogP contribution >= 0.6 is 0 Å². The molecule has 1 aromatic rings. The first-order valence-electron chi connectivity index (χ1n) is 13.6. The van der Waals surface area contributed by atoms with Gasteiger partial charge in [-0.3, -0.25) is 9.59 Å². The summed E-state index contributed by atoms with van der Waals surface area (Å²) in [5.41, 5.74) is -0.829. The van der Waals surface area contributed by atoms with Gasteiger partial charge in [-0.05, 0) is 57.1 Å². The summed E-state index contributed by atoms with van der Waals surface area (Å²) in [7, 11) is 0. The lowest BCUT2D eigenvalue weighted by molar-refractivity contribution is -0.137. The SMILES string of the molecule is CC/C=C\C/C=C\C/C=C\C/C=C\C/C=C\C/C=C\CCC(=O)NCC(=O)NCc1ccc(C(F)(F)F)cc1O. The largest absolute Gasteiger partial charge is 0.508 e. The fraction of sp³-hybridized carbons (Fsp3) is 0.375. The van der Waals surface area contributed by atoms with Gasteiger partial charge in [0.15, 0.2) is 0 Å². The Kier molecular flexibility index (Phi) is 18.0. The second kappa shape index (κ2) is 21.1. The first-order valence-corrected chi connectivity index (χ1v) is 13.6. The Morgan fingerprint density at radius 3 is 1.73 bits per heavy atom. The molecule has 0 aliphatic rings. The van der Waals surface area contributed by atoms with E-state index in [1.54, 1.807) is 0 Å². The lowest BCUT2D eigenvalue weighted by atomic mass is 10.1. The van der Waals surface area contributed by atoms with Gasteiger partial charge >= 0.3 is 6.18 Å². The van der Waals surface area contributed by atoms with Crippen LogP contribution in [0.1, 0.15) is 69.4 Å². The number of aromatic hydroxyl groups is 1. The summed E-state index contributed by atoms with van der Waals surface area (Å²) in [6.07, 6.45) is 27.1. The molecule has 0 aliphatic carbocycles. The number of carbonyl (C=O) groups is 2. The fourth-order valence-electron chi connectivity index (χ4n) is 3.27. The van der Waals surface area contributed by atoms with Crippen LogP contribution in [0.5, 0.6) is 5.75 Å². The maximum absolute atomic E-state index is 12.6. The Hall–Kier alpha value is -3.81. The highest BCUT2D eigenvalue weighted by Gasteiger charge is 2.31. The summed E-state index contributed by atoms with van der Waals surface area (Å²) in [5.74, 6) is -1.36. The molecule has 8 heteroatoms. The number of allylic oxidation sites excluding steroid dienone is 12. The van der Waals surface area contributed by atoms with Gasteiger partial charge in [0.2, 0.25) is 11.8 Å². The van der Waals surface area contributed by atoms with Gasteiger partial charge < -0.3 is 15.7 Å². The maximum Gasteiger partial charge on any atom is 0.416 e. The predicted molar refractivity (Wildman–Crippen MR) is 155 cm³/mol. The molecule has 0 aliphatic heterocycles. The van der Waals surface area contributed by atoms with E-state index < -0.39 is 23.4 Å². The van der Waals surface area contributed by atoms with E-state index in [0.29, 0.717) is 12.5 Å². The topological polar surface area (TPSA) is 78.4 Å². The Labute approximate surface area is 235 Å². The van der Waals surface area contributed by atoms with Crippen LogP contribution in [-0.2, 0) is 22.3 Å². The van der Waals surface area contributed by atoms with Crippen LogP contribution in [0.4, 0.5) is 13.2 Å². The number of alkyl halides is 3. The van der Waals surface area contributed by atoms with Gasteiger partial charge in [-0.2, -0.15) is 13.2 Å². The van der Waals surface area contributed by atoms with Crippen LogP contribution in [0.2, 0.25) is 0 Å². The first kappa shape index (κ1) is 34.2. The molecule has 0 radical (unpaired) electrons. The summed E-state index contributed by atoms with van der Waals surface area (Å²) in [6, 6.07) is 2.54. The minimum absolute atomic E-state index is 0.144. The lowest BCUT2D eigenvalue weighted by Crippen LogP contribution is -2.36. The van der Waals surface area contributed by atoms with Crippen molar-refractivity contribution in [2.24, 2.45) is 0 Å². The summed E-state index contributed by atoms with van der Waals surface area (Å²) >= 11 is 0. The molecular weight excluding hydrogens is 517 g/mol. The maximum atomic E-state index is 12.6. The van der Waals surface area contributed by atoms with E-state index in [1.165, 1.54) is 0 Å². The number of hydrogen-bond acceptors (Lipinski definition) is 3. The van der Waals surface area contributed by atoms with Crippen molar-refractivity contribution in [3.8, 4) is 5.75 Å². The zero-order valence-electron chi connectivity index (χ0n) is 23.1. The van der Waals surface area contributed by atoms with Crippen LogP contribution in [-0.4, -0.2) is 23.5 Å². The minimum Gasteiger partial charge on any atom is -0.508 e. The molecule has 0 saturated carbocycles. The molecule has 0 spiro atoms. The van der Waals surface area contributed by atoms with Gasteiger partial charge in [-0.1, -0.05) is 85.9 Å². The number of benzene rings is 1. The highest BCUT2D eigenvalue weighted by atomic mass is 19.4. The average molecular weight is 559 g/mol. The monoisotopic (exact) mass is 558 g/mol. The third-order valence-corrected chi connectivity index (χ3v) is 5.47. The summed E-state index contributed by atoms with van der Waals surface area (Å²) < 4.78 is 37.9. The van der Waals surface area contributed by atoms with E-state index in [-0.39, 0.29) is 31.0 Å². The molecule has 0 atom stereocenters. The van der Waals surface area contributed by atoms with Crippen molar-refractivity contribution in [2.75, 3.05) is 6.54 Å². The number of phenols is 1. The number of halogens is 3. The van der Waals surface area contributed by atoms with Crippen LogP contribution in [0, 0.1) is 0 Å². The van der Waals surface area contributed by atoms with E-state index in [4.69, 9.17) is 0 Å². The number of rotatable bonds is 18. The van der Waals surface area contributed by atoms with Gasteiger partial charge in [0, 0.05) is 18.5 Å². The van der Waals surface area contributed by atoms with Crippen molar-refractivity contribution in [1.82, 2.24) is 10.6 Å². The van der Waals surface area contributed by atoms with E-state index >= 15 is 0 Å². The molecule has 0 bridgehead atoms. The Balaban J connectivity index is 2.09. The van der Waals surface area contributed by atoms with Crippen molar-refractivity contribution in [2.45, 2.75) is 71.0 Å². The molecule has 0 aromatic heterocycles. The van der Waals surface area contributed by atoms with Crippen molar-refractivity contribution in [1.29, 1.82) is 0 Å². The zero-order valence-corrected chi connectivity index (χ0v) is 23.1. The number of carbonyl (C=O) groups excluding carboxylic acids is 2. The van der Waals surface area contributed by atoms with E-state index in [9.17, 15) is 27.9 Å². The number of hydrogen-bond donors (Lipinski definition) is 3. The Morgan fingerprint density at radius 1 is 0.750 bits per heavy atom. The second-order valence-corrected chi connectivity index (χ2v) is 8.85. The summed E-state index contributed by atoms with van der Waals surface area (Å²) in [6.45, 7) is 1.71. The molecular formula is C32H41F3N2O3. The third kappa shape index (κ3) is 17.7. The molecule has 2 amide bonds. The van der Waals surface area contributed by atoms with Gasteiger partial charge in [0.1, 0.15) is 5.75 Å². The molecule has 218 valence electrons. The van der Waals surface area contributed by atoms with Crippen LogP contribution in [0.3, 0.4) is 0 Å². The van der Waals surface area contributed by atoms with Crippen molar-refractivity contribution in [3.05, 3.63) is 102 Å². The number of nitrogens with one attached hydrogen (secondary N) is 2. The van der Waals surface area contributed by atoms with E-state index in [0.717, 1.165) is 50.7 Å². The van der Waals surface area contributed by atoms with Crippen molar-refractivity contribution in [3.63, 3.8) is 0 Å². The molecule has 3 N–H and O–H groups in total. The van der Waals surface area contributed by atoms with Crippen LogP contribution in [0.25, 0.3) is 0 Å². The average Bonchev–Trinajstić information content (AvgIpc) is 2.92. The minimum atomic E-state index is -4.56. The van der Waals surface area contributed by atoms with Gasteiger partial charge in [-0.15, -0.1) is 0 Å². The molecule has 0 saturated heterocycles. The fourth-order valence-corrected chi connectivity index (χ4v) is 3.27. The van der Waals surface area contributed by atoms with Gasteiger partial charge in [0.25, 0.3) is 0 Å². The van der Waals surface area contributed by atoms with Crippen LogP contribution < -0.4 is 10.6 Å². The van der Waals surface area contributed by atoms with Crippen molar-refractivity contribution < 1.29 is 27.9 Å². The lowest BCUT2D eigenvalue weighted by Gasteiger charge is -2.11. The molecule has 5 nitrogen and oxygen atoms in total. The molecule has 0 unspecified atom stereocenters. The predicted octanol–water partition coefficient (Wildman–Crippen LogP) is 7.62. The van der Waals surface area contributed by atoms with E-state index in [1.807, 2.05) is 12.2 Å². The first-order chi connectivity index (χ1) is 19.2. The van der Waals surface area contributed by atoms with E-state index in [2.05, 4.69) is 78.3 Å². The summed E-state index contributed by atoms with van der Waals surface area (Å²) in [5, 5.41) is 14.7. The van der Waals surface area contributed by atoms with Crippen LogP contribution in [0.15, 0.2) is 91.1 Å². The standard InChI is InChI=1S/C32H41F3N2O3/c1-2-3-4-5-6-7-8-9-10-11-12-13-14-15-16-17-18-19-20-21-30(39)37-26-31(40)36-25-27-22-23-28(24-29(27)38)32(33,34)35/h3-4,6-7,9-10,12-13,15-16,18-19,22-24,38H,2,5,8,11,14,17,20-21,25-26H2,1H3,(H,36,40)(H,37,39)/b4-3-,7-6-,10-9-,13-12-,16-15-,19-18-. The normalized spacial score (nSPS) is 12.7. The molecule has 1 aromatic carbocycles. The van der Waals surface area contributed by atoms with Crippen molar-refractivity contribution >= 4 is 11.8 Å². The smallest absolute Gasteiger partial charge is 0.416 e. The van der Waals surface area contributed by atoms with Gasteiger partial charge in [-0.25, -0.2) is 0 Å². The Morgan fingerprint density at radius 2 is 1.25 bits per heavy atom. The molecule has 1 rings (SSSR count). The number of amides is 2. The second-order valence-electron chi connectivity index (χ2n) is 8.85. The summed E-state index contributed by atoms with van der Waals surface area (Å²) in [4.78, 5) is 23.8. The highest BCUT2D eigenvalue weighted by molar-refractivity contribution is 5.84.